The van der Waals surface area contributed by atoms with Gasteiger partial charge in [0.25, 0.3) is 0 Å². The van der Waals surface area contributed by atoms with Gasteiger partial charge in [-0.15, -0.1) is 0 Å². The Morgan fingerprint density at radius 3 is 2.94 bits per heavy atom. The molecule has 0 aliphatic heterocycles. The number of hydrogen-bond donors (Lipinski definition) is 0. The summed E-state index contributed by atoms with van der Waals surface area (Å²) in [6.45, 7) is 2.23. The number of halogens is 1. The first-order valence-electron chi connectivity index (χ1n) is 6.04. The molecule has 6 heteroatoms. The molecule has 2 unspecified atom stereocenters. The second-order valence-corrected chi connectivity index (χ2v) is 6.40. The Hall–Kier alpha value is -0.810. The average molecular weight is 287 g/mol. The van der Waals surface area contributed by atoms with Crippen molar-refractivity contribution in [3.05, 3.63) is 27.4 Å². The maximum Gasteiger partial charge on any atom is 0.301 e. The van der Waals surface area contributed by atoms with Gasteiger partial charge in [0.15, 0.2) is 5.03 Å². The zero-order valence-corrected chi connectivity index (χ0v) is 11.7. The first-order chi connectivity index (χ1) is 8.56. The maximum atomic E-state index is 10.9. The second kappa shape index (κ2) is 5.89. The van der Waals surface area contributed by atoms with E-state index in [0.717, 1.165) is 12.8 Å². The van der Waals surface area contributed by atoms with Crippen LogP contribution in [-0.2, 0) is 0 Å². The van der Waals surface area contributed by atoms with Gasteiger partial charge in [-0.3, -0.25) is 10.1 Å². The summed E-state index contributed by atoms with van der Waals surface area (Å²) >= 11 is 7.32. The zero-order chi connectivity index (χ0) is 13.1. The number of rotatable bonds is 3. The summed E-state index contributed by atoms with van der Waals surface area (Å²) in [6.07, 6.45) is 4.63. The molecule has 0 saturated heterocycles. The molecule has 0 bridgehead atoms. The van der Waals surface area contributed by atoms with E-state index >= 15 is 0 Å². The van der Waals surface area contributed by atoms with E-state index in [1.807, 2.05) is 0 Å². The number of nitrogens with zero attached hydrogens (tertiary/aromatic N) is 2. The van der Waals surface area contributed by atoms with Crippen molar-refractivity contribution < 1.29 is 4.92 Å². The van der Waals surface area contributed by atoms with Crippen LogP contribution in [0.2, 0.25) is 5.15 Å². The fourth-order valence-corrected chi connectivity index (χ4v) is 3.92. The van der Waals surface area contributed by atoms with Crippen LogP contribution in [0.5, 0.6) is 0 Å². The summed E-state index contributed by atoms with van der Waals surface area (Å²) in [5, 5.41) is 12.1. The highest BCUT2D eigenvalue weighted by molar-refractivity contribution is 8.00. The molecule has 2 rings (SSSR count). The Labute approximate surface area is 115 Å². The van der Waals surface area contributed by atoms with E-state index in [9.17, 15) is 10.1 Å². The van der Waals surface area contributed by atoms with Crippen molar-refractivity contribution in [3.63, 3.8) is 0 Å². The van der Waals surface area contributed by atoms with E-state index in [4.69, 9.17) is 11.6 Å². The Morgan fingerprint density at radius 1 is 1.50 bits per heavy atom. The van der Waals surface area contributed by atoms with Crippen molar-refractivity contribution in [2.24, 2.45) is 5.92 Å². The molecule has 1 saturated carbocycles. The molecule has 18 heavy (non-hydrogen) atoms. The maximum absolute atomic E-state index is 10.9. The molecule has 1 aliphatic rings. The van der Waals surface area contributed by atoms with E-state index in [0.29, 0.717) is 21.3 Å². The van der Waals surface area contributed by atoms with Crippen LogP contribution in [0.15, 0.2) is 17.2 Å². The molecule has 0 N–H and O–H groups in total. The summed E-state index contributed by atoms with van der Waals surface area (Å²) in [5.74, 6) is 0.689. The topological polar surface area (TPSA) is 56.0 Å². The molecule has 0 amide bonds. The third-order valence-electron chi connectivity index (χ3n) is 3.17. The molecule has 1 aromatic rings. The molecule has 4 nitrogen and oxygen atoms in total. The highest BCUT2D eigenvalue weighted by atomic mass is 35.5. The minimum Gasteiger partial charge on any atom is -0.258 e. The van der Waals surface area contributed by atoms with Gasteiger partial charge in [-0.1, -0.05) is 43.1 Å². The standard InChI is InChI=1S/C12H15ClN2O2S/c1-8-3-2-4-9(7-8)18-12-10(15(16)17)5-6-11(13)14-12/h5-6,8-9H,2-4,7H2,1H3. The molecule has 0 aromatic carbocycles. The van der Waals surface area contributed by atoms with Crippen LogP contribution in [0.25, 0.3) is 0 Å². The van der Waals surface area contributed by atoms with Gasteiger partial charge in [0.2, 0.25) is 0 Å². The van der Waals surface area contributed by atoms with Crippen molar-refractivity contribution >= 4 is 29.1 Å². The first kappa shape index (κ1) is 13.6. The minimum absolute atomic E-state index is 0.0580. The third kappa shape index (κ3) is 3.36. The highest BCUT2D eigenvalue weighted by Gasteiger charge is 2.24. The van der Waals surface area contributed by atoms with E-state index in [-0.39, 0.29) is 5.69 Å². The van der Waals surface area contributed by atoms with Gasteiger partial charge >= 0.3 is 5.69 Å². The molecule has 1 fully saturated rings. The number of pyridine rings is 1. The molecule has 2 atom stereocenters. The lowest BCUT2D eigenvalue weighted by atomic mass is 9.91. The van der Waals surface area contributed by atoms with Crippen LogP contribution in [0.4, 0.5) is 5.69 Å². The number of hydrogen-bond acceptors (Lipinski definition) is 4. The molecule has 98 valence electrons. The third-order valence-corrected chi connectivity index (χ3v) is 4.67. The van der Waals surface area contributed by atoms with Crippen LogP contribution < -0.4 is 0 Å². The number of nitro groups is 1. The molecular weight excluding hydrogens is 272 g/mol. The quantitative estimate of drug-likeness (QED) is 0.472. The predicted molar refractivity (Wildman–Crippen MR) is 73.2 cm³/mol. The number of aromatic nitrogens is 1. The van der Waals surface area contributed by atoms with E-state index in [1.54, 1.807) is 0 Å². The lowest BCUT2D eigenvalue weighted by Gasteiger charge is -2.25. The van der Waals surface area contributed by atoms with Crippen molar-refractivity contribution in [1.29, 1.82) is 0 Å². The monoisotopic (exact) mass is 286 g/mol. The molecule has 0 radical (unpaired) electrons. The Balaban J connectivity index is 2.16. The summed E-state index contributed by atoms with van der Waals surface area (Å²) in [7, 11) is 0. The lowest BCUT2D eigenvalue weighted by molar-refractivity contribution is -0.388. The van der Waals surface area contributed by atoms with Crippen molar-refractivity contribution in [3.8, 4) is 0 Å². The van der Waals surface area contributed by atoms with Crippen LogP contribution >= 0.6 is 23.4 Å². The van der Waals surface area contributed by atoms with Crippen LogP contribution in [0, 0.1) is 16.0 Å². The molecule has 1 heterocycles. The summed E-state index contributed by atoms with van der Waals surface area (Å²) < 4.78 is 0. The summed E-state index contributed by atoms with van der Waals surface area (Å²) in [4.78, 5) is 14.7. The van der Waals surface area contributed by atoms with Gasteiger partial charge in [0.1, 0.15) is 5.15 Å². The summed E-state index contributed by atoms with van der Waals surface area (Å²) in [6, 6.07) is 2.90. The highest BCUT2D eigenvalue weighted by Crippen LogP contribution is 2.39. The van der Waals surface area contributed by atoms with Crippen LogP contribution in [0.1, 0.15) is 32.6 Å². The Morgan fingerprint density at radius 2 is 2.28 bits per heavy atom. The molecule has 1 aliphatic carbocycles. The minimum atomic E-state index is -0.391. The SMILES string of the molecule is CC1CCCC(Sc2nc(Cl)ccc2[N+](=O)[O-])C1. The largest absolute Gasteiger partial charge is 0.301 e. The predicted octanol–water partition coefficient (Wildman–Crippen LogP) is 4.31. The zero-order valence-electron chi connectivity index (χ0n) is 10.1. The normalized spacial score (nSPS) is 23.9. The molecular formula is C12H15ClN2O2S. The van der Waals surface area contributed by atoms with E-state index in [2.05, 4.69) is 11.9 Å². The fourth-order valence-electron chi connectivity index (χ4n) is 2.28. The van der Waals surface area contributed by atoms with Crippen molar-refractivity contribution in [2.75, 3.05) is 0 Å². The van der Waals surface area contributed by atoms with Gasteiger partial charge in [0.05, 0.1) is 4.92 Å². The fraction of sp³-hybridized carbons (Fsp3) is 0.583. The smallest absolute Gasteiger partial charge is 0.258 e. The second-order valence-electron chi connectivity index (χ2n) is 4.73. The van der Waals surface area contributed by atoms with Gasteiger partial charge in [0, 0.05) is 11.3 Å². The van der Waals surface area contributed by atoms with Crippen molar-refractivity contribution in [1.82, 2.24) is 4.98 Å². The van der Waals surface area contributed by atoms with Crippen LogP contribution in [0.3, 0.4) is 0 Å². The lowest BCUT2D eigenvalue weighted by Crippen LogP contribution is -2.15. The Kier molecular flexibility index (Phi) is 4.45. The number of thioether (sulfide) groups is 1. The average Bonchev–Trinajstić information content (AvgIpc) is 2.28. The van der Waals surface area contributed by atoms with E-state index < -0.39 is 4.92 Å². The van der Waals surface area contributed by atoms with Gasteiger partial charge < -0.3 is 0 Å². The Bertz CT molecular complexity index is 456. The van der Waals surface area contributed by atoms with Gasteiger partial charge in [-0.05, 0) is 24.8 Å². The van der Waals surface area contributed by atoms with Crippen LogP contribution in [-0.4, -0.2) is 15.2 Å². The molecule has 1 aromatic heterocycles. The molecule has 0 spiro atoms. The van der Waals surface area contributed by atoms with Crippen molar-refractivity contribution in [2.45, 2.75) is 42.9 Å². The summed E-state index contributed by atoms with van der Waals surface area (Å²) in [5.41, 5.74) is 0.0580. The first-order valence-corrected chi connectivity index (χ1v) is 7.29. The van der Waals surface area contributed by atoms with Gasteiger partial charge in [-0.2, -0.15) is 0 Å². The van der Waals surface area contributed by atoms with Gasteiger partial charge in [-0.25, -0.2) is 4.98 Å². The van der Waals surface area contributed by atoms with E-state index in [1.165, 1.54) is 36.7 Å².